The second kappa shape index (κ2) is 2.98. The van der Waals surface area contributed by atoms with E-state index in [1.54, 1.807) is 18.5 Å². The maximum absolute atomic E-state index is 11.6. The lowest BCUT2D eigenvalue weighted by Crippen LogP contribution is -2.02. The Kier molecular flexibility index (Phi) is 1.97. The van der Waals surface area contributed by atoms with Gasteiger partial charge in [0.05, 0.1) is 0 Å². The van der Waals surface area contributed by atoms with Gasteiger partial charge in [-0.2, -0.15) is 0 Å². The number of carbonyl (C=O) groups excluding carboxylic acids is 1. The maximum atomic E-state index is 11.6. The highest BCUT2D eigenvalue weighted by Gasteiger charge is 2.31. The van der Waals surface area contributed by atoms with Crippen molar-refractivity contribution in [2.24, 2.45) is 5.92 Å². The van der Waals surface area contributed by atoms with Gasteiger partial charge in [-0.15, -0.1) is 0 Å². The van der Waals surface area contributed by atoms with E-state index in [0.717, 1.165) is 22.9 Å². The lowest BCUT2D eigenvalue weighted by Gasteiger charge is -1.99. The fourth-order valence-corrected chi connectivity index (χ4v) is 1.59. The van der Waals surface area contributed by atoms with Gasteiger partial charge in [0.25, 0.3) is 0 Å². The van der Waals surface area contributed by atoms with Crippen LogP contribution in [0.15, 0.2) is 22.9 Å². The molecule has 1 aromatic rings. The van der Waals surface area contributed by atoms with Crippen molar-refractivity contribution in [3.8, 4) is 0 Å². The standard InChI is InChI=1S/C9H8BrNO/c10-8-5-11-4-3-7(8)9(12)6-1-2-6/h3-6H,1-2H2. The molecule has 1 saturated carbocycles. The highest BCUT2D eigenvalue weighted by Crippen LogP contribution is 2.34. The molecule has 0 atom stereocenters. The van der Waals surface area contributed by atoms with Crippen LogP contribution < -0.4 is 0 Å². The van der Waals surface area contributed by atoms with Crippen LogP contribution in [0.25, 0.3) is 0 Å². The third kappa shape index (κ3) is 1.41. The molecule has 1 aliphatic carbocycles. The first-order valence-corrected chi connectivity index (χ1v) is 4.72. The molecule has 2 nitrogen and oxygen atoms in total. The van der Waals surface area contributed by atoms with E-state index < -0.39 is 0 Å². The van der Waals surface area contributed by atoms with E-state index >= 15 is 0 Å². The Morgan fingerprint density at radius 2 is 2.33 bits per heavy atom. The smallest absolute Gasteiger partial charge is 0.167 e. The van der Waals surface area contributed by atoms with Crippen molar-refractivity contribution in [3.63, 3.8) is 0 Å². The Labute approximate surface area is 79.1 Å². The molecular weight excluding hydrogens is 218 g/mol. The van der Waals surface area contributed by atoms with Gasteiger partial charge in [0.15, 0.2) is 5.78 Å². The predicted molar refractivity (Wildman–Crippen MR) is 49.0 cm³/mol. The van der Waals surface area contributed by atoms with E-state index in [4.69, 9.17) is 0 Å². The monoisotopic (exact) mass is 225 g/mol. The van der Waals surface area contributed by atoms with Crippen molar-refractivity contribution >= 4 is 21.7 Å². The Hall–Kier alpha value is -0.700. The summed E-state index contributed by atoms with van der Waals surface area (Å²) in [4.78, 5) is 15.5. The summed E-state index contributed by atoms with van der Waals surface area (Å²) in [5.41, 5.74) is 0.771. The summed E-state index contributed by atoms with van der Waals surface area (Å²) in [7, 11) is 0. The van der Waals surface area contributed by atoms with Crippen molar-refractivity contribution in [2.75, 3.05) is 0 Å². The minimum atomic E-state index is 0.254. The molecule has 1 aliphatic rings. The summed E-state index contributed by atoms with van der Waals surface area (Å²) >= 11 is 3.31. The zero-order chi connectivity index (χ0) is 8.55. The molecule has 1 fully saturated rings. The summed E-state index contributed by atoms with van der Waals surface area (Å²) in [6, 6.07) is 1.77. The number of hydrogen-bond acceptors (Lipinski definition) is 2. The molecule has 0 aromatic carbocycles. The second-order valence-corrected chi connectivity index (χ2v) is 3.85. The molecular formula is C9H8BrNO. The van der Waals surface area contributed by atoms with Crippen molar-refractivity contribution in [1.82, 2.24) is 4.98 Å². The third-order valence-electron chi connectivity index (χ3n) is 1.99. The Bertz CT molecular complexity index is 320. The van der Waals surface area contributed by atoms with Crippen LogP contribution in [0.1, 0.15) is 23.2 Å². The highest BCUT2D eigenvalue weighted by molar-refractivity contribution is 9.10. The predicted octanol–water partition coefficient (Wildman–Crippen LogP) is 2.44. The number of rotatable bonds is 2. The lowest BCUT2D eigenvalue weighted by molar-refractivity contribution is 0.0967. The zero-order valence-corrected chi connectivity index (χ0v) is 8.04. The molecule has 3 heteroatoms. The SMILES string of the molecule is O=C(c1ccncc1Br)C1CC1. The van der Waals surface area contributed by atoms with E-state index in [9.17, 15) is 4.79 Å². The van der Waals surface area contributed by atoms with Crippen LogP contribution in [0, 0.1) is 5.92 Å². The van der Waals surface area contributed by atoms with Crippen molar-refractivity contribution in [2.45, 2.75) is 12.8 Å². The first-order valence-electron chi connectivity index (χ1n) is 3.93. The van der Waals surface area contributed by atoms with E-state index in [1.165, 1.54) is 0 Å². The second-order valence-electron chi connectivity index (χ2n) is 2.99. The number of carbonyl (C=O) groups is 1. The topological polar surface area (TPSA) is 30.0 Å². The molecule has 62 valence electrons. The van der Waals surface area contributed by atoms with Gasteiger partial charge in [0.1, 0.15) is 0 Å². The summed E-state index contributed by atoms with van der Waals surface area (Å²) in [6.45, 7) is 0. The number of nitrogens with zero attached hydrogens (tertiary/aromatic N) is 1. The summed E-state index contributed by atoms with van der Waals surface area (Å²) in [5, 5.41) is 0. The molecule has 0 unspecified atom stereocenters. The normalized spacial score (nSPS) is 16.1. The largest absolute Gasteiger partial charge is 0.294 e. The van der Waals surface area contributed by atoms with Gasteiger partial charge in [-0.25, -0.2) is 0 Å². The van der Waals surface area contributed by atoms with E-state index in [1.807, 2.05) is 0 Å². The van der Waals surface area contributed by atoms with Gasteiger partial charge >= 0.3 is 0 Å². The molecule has 0 saturated heterocycles. The quantitative estimate of drug-likeness (QED) is 0.725. The van der Waals surface area contributed by atoms with Crippen LogP contribution >= 0.6 is 15.9 Å². The van der Waals surface area contributed by atoms with Crippen LogP contribution in [-0.2, 0) is 0 Å². The molecule has 1 heterocycles. The Morgan fingerprint density at radius 1 is 1.58 bits per heavy atom. The van der Waals surface area contributed by atoms with Gasteiger partial charge in [-0.3, -0.25) is 9.78 Å². The number of hydrogen-bond donors (Lipinski definition) is 0. The molecule has 0 bridgehead atoms. The molecule has 0 spiro atoms. The van der Waals surface area contributed by atoms with Crippen molar-refractivity contribution < 1.29 is 4.79 Å². The Balaban J connectivity index is 2.32. The van der Waals surface area contributed by atoms with Gasteiger partial charge in [0, 0.05) is 28.3 Å². The molecule has 2 rings (SSSR count). The van der Waals surface area contributed by atoms with Crippen LogP contribution in [0.2, 0.25) is 0 Å². The van der Waals surface area contributed by atoms with Crippen LogP contribution in [-0.4, -0.2) is 10.8 Å². The molecule has 1 aromatic heterocycles. The van der Waals surface area contributed by atoms with Crippen molar-refractivity contribution in [3.05, 3.63) is 28.5 Å². The first-order chi connectivity index (χ1) is 5.79. The van der Waals surface area contributed by atoms with Crippen molar-refractivity contribution in [1.29, 1.82) is 0 Å². The number of aromatic nitrogens is 1. The van der Waals surface area contributed by atoms with E-state index in [-0.39, 0.29) is 11.7 Å². The number of pyridine rings is 1. The minimum Gasteiger partial charge on any atom is -0.294 e. The highest BCUT2D eigenvalue weighted by atomic mass is 79.9. The molecule has 0 amide bonds. The molecule has 0 radical (unpaired) electrons. The minimum absolute atomic E-state index is 0.254. The van der Waals surface area contributed by atoms with E-state index in [2.05, 4.69) is 20.9 Å². The fraction of sp³-hybridized carbons (Fsp3) is 0.333. The molecule has 12 heavy (non-hydrogen) atoms. The van der Waals surface area contributed by atoms with Gasteiger partial charge in [-0.1, -0.05) is 0 Å². The molecule has 0 N–H and O–H groups in total. The number of ketones is 1. The third-order valence-corrected chi connectivity index (χ3v) is 2.62. The van der Waals surface area contributed by atoms with Crippen LogP contribution in [0.4, 0.5) is 0 Å². The summed E-state index contributed by atoms with van der Waals surface area (Å²) in [5.74, 6) is 0.535. The fourth-order valence-electron chi connectivity index (χ4n) is 1.14. The van der Waals surface area contributed by atoms with Crippen LogP contribution in [0.5, 0.6) is 0 Å². The summed E-state index contributed by atoms with van der Waals surface area (Å²) < 4.78 is 0.807. The van der Waals surface area contributed by atoms with Gasteiger partial charge < -0.3 is 0 Å². The summed E-state index contributed by atoms with van der Waals surface area (Å²) in [6.07, 6.45) is 5.41. The number of halogens is 1. The zero-order valence-electron chi connectivity index (χ0n) is 6.46. The van der Waals surface area contributed by atoms with Crippen LogP contribution in [0.3, 0.4) is 0 Å². The van der Waals surface area contributed by atoms with E-state index in [0.29, 0.717) is 0 Å². The van der Waals surface area contributed by atoms with Gasteiger partial charge in [-0.05, 0) is 34.8 Å². The lowest BCUT2D eigenvalue weighted by atomic mass is 10.1. The number of Topliss-reactive ketones (excluding diaryl/α,β-unsaturated/α-hetero) is 1. The average Bonchev–Trinajstić information content (AvgIpc) is 2.86. The first kappa shape index (κ1) is 7.92. The average molecular weight is 226 g/mol. The van der Waals surface area contributed by atoms with Gasteiger partial charge in [0.2, 0.25) is 0 Å². The Morgan fingerprint density at radius 3 is 2.92 bits per heavy atom. The molecule has 0 aliphatic heterocycles. The maximum Gasteiger partial charge on any atom is 0.167 e.